The molecule has 20 heavy (non-hydrogen) atoms. The van der Waals surface area contributed by atoms with E-state index in [1.54, 1.807) is 6.92 Å². The molecular formula is C15H30N2O3. The Morgan fingerprint density at radius 2 is 2.10 bits per heavy atom. The molecule has 0 aromatic heterocycles. The molecule has 0 bridgehead atoms. The molecule has 2 N–H and O–H groups in total. The van der Waals surface area contributed by atoms with E-state index in [1.807, 2.05) is 13.8 Å². The van der Waals surface area contributed by atoms with Crippen LogP contribution in [0.5, 0.6) is 0 Å². The fourth-order valence-corrected chi connectivity index (χ4v) is 2.18. The summed E-state index contributed by atoms with van der Waals surface area (Å²) < 4.78 is 5.51. The van der Waals surface area contributed by atoms with Crippen LogP contribution in [-0.2, 0) is 9.53 Å². The average Bonchev–Trinajstić information content (AvgIpc) is 3.12. The number of carboxylic acid groups (broad SMARTS) is 1. The zero-order valence-corrected chi connectivity index (χ0v) is 13.3. The molecule has 1 unspecified atom stereocenters. The van der Waals surface area contributed by atoms with E-state index in [0.717, 1.165) is 39.0 Å². The van der Waals surface area contributed by atoms with Gasteiger partial charge in [-0.25, -0.2) is 0 Å². The Bertz CT molecular complexity index is 305. The molecule has 1 rings (SSSR count). The first-order valence-electron chi connectivity index (χ1n) is 7.65. The number of nitrogens with zero attached hydrogens (tertiary/aromatic N) is 1. The molecule has 5 nitrogen and oxygen atoms in total. The minimum Gasteiger partial charge on any atom is -0.480 e. The third-order valence-electron chi connectivity index (χ3n) is 3.71. The van der Waals surface area contributed by atoms with Crippen LogP contribution in [0.1, 0.15) is 46.5 Å². The van der Waals surface area contributed by atoms with Crippen LogP contribution in [0.15, 0.2) is 0 Å². The zero-order valence-electron chi connectivity index (χ0n) is 13.3. The topological polar surface area (TPSA) is 61.8 Å². The SMILES string of the molecule is CC(C)OCCN(C)CCCC(C)(NC1CC1)C(=O)O. The van der Waals surface area contributed by atoms with E-state index in [9.17, 15) is 9.90 Å². The number of hydrogen-bond donors (Lipinski definition) is 2. The molecule has 1 saturated carbocycles. The van der Waals surface area contributed by atoms with Gasteiger partial charge in [-0.15, -0.1) is 0 Å². The highest BCUT2D eigenvalue weighted by atomic mass is 16.5. The molecular weight excluding hydrogens is 256 g/mol. The number of rotatable bonds is 11. The fourth-order valence-electron chi connectivity index (χ4n) is 2.18. The van der Waals surface area contributed by atoms with Crippen LogP contribution in [0.4, 0.5) is 0 Å². The summed E-state index contributed by atoms with van der Waals surface area (Å²) in [6.45, 7) is 8.37. The van der Waals surface area contributed by atoms with Crippen molar-refractivity contribution in [2.24, 2.45) is 0 Å². The Hall–Kier alpha value is -0.650. The first kappa shape index (κ1) is 17.4. The molecule has 0 amide bonds. The Balaban J connectivity index is 2.20. The van der Waals surface area contributed by atoms with Gasteiger partial charge in [0.2, 0.25) is 0 Å². The Kier molecular flexibility index (Phi) is 6.92. The van der Waals surface area contributed by atoms with Crippen LogP contribution >= 0.6 is 0 Å². The normalized spacial score (nSPS) is 18.5. The zero-order chi connectivity index (χ0) is 15.2. The second-order valence-corrected chi connectivity index (χ2v) is 6.38. The molecule has 0 aliphatic heterocycles. The Morgan fingerprint density at radius 3 is 2.60 bits per heavy atom. The van der Waals surface area contributed by atoms with Crippen molar-refractivity contribution in [1.82, 2.24) is 10.2 Å². The largest absolute Gasteiger partial charge is 0.480 e. The summed E-state index contributed by atoms with van der Waals surface area (Å²) in [5, 5.41) is 12.6. The summed E-state index contributed by atoms with van der Waals surface area (Å²) in [5.74, 6) is -0.741. The summed E-state index contributed by atoms with van der Waals surface area (Å²) in [4.78, 5) is 13.6. The van der Waals surface area contributed by atoms with Crippen LogP contribution in [0.2, 0.25) is 0 Å². The average molecular weight is 286 g/mol. The van der Waals surface area contributed by atoms with Crippen LogP contribution in [0.3, 0.4) is 0 Å². The molecule has 118 valence electrons. The smallest absolute Gasteiger partial charge is 0.323 e. The van der Waals surface area contributed by atoms with Crippen LogP contribution < -0.4 is 5.32 Å². The standard InChI is InChI=1S/C15H30N2O3/c1-12(2)20-11-10-17(4)9-5-8-15(3,14(18)19)16-13-6-7-13/h12-13,16H,5-11H2,1-4H3,(H,18,19). The van der Waals surface area contributed by atoms with Crippen LogP contribution in [0.25, 0.3) is 0 Å². The number of ether oxygens (including phenoxy) is 1. The lowest BCUT2D eigenvalue weighted by Crippen LogP contribution is -2.50. The number of carbonyl (C=O) groups is 1. The molecule has 0 radical (unpaired) electrons. The van der Waals surface area contributed by atoms with Gasteiger partial charge < -0.3 is 14.7 Å². The molecule has 1 fully saturated rings. The predicted molar refractivity (Wildman–Crippen MR) is 80.0 cm³/mol. The minimum atomic E-state index is -0.781. The summed E-state index contributed by atoms with van der Waals surface area (Å²) in [6.07, 6.45) is 4.01. The van der Waals surface area contributed by atoms with Crippen molar-refractivity contribution in [2.45, 2.75) is 64.1 Å². The van der Waals surface area contributed by atoms with Crippen molar-refractivity contribution >= 4 is 5.97 Å². The van der Waals surface area contributed by atoms with Crippen molar-refractivity contribution in [3.63, 3.8) is 0 Å². The summed E-state index contributed by atoms with van der Waals surface area (Å²) in [6, 6.07) is 0.410. The Morgan fingerprint density at radius 1 is 1.45 bits per heavy atom. The molecule has 1 atom stereocenters. The minimum absolute atomic E-state index is 0.265. The maximum absolute atomic E-state index is 11.4. The Labute approximate surface area is 122 Å². The maximum atomic E-state index is 11.4. The number of carboxylic acids is 1. The van der Waals surface area contributed by atoms with E-state index in [2.05, 4.69) is 17.3 Å². The number of hydrogen-bond acceptors (Lipinski definition) is 4. The van der Waals surface area contributed by atoms with E-state index in [0.29, 0.717) is 12.5 Å². The van der Waals surface area contributed by atoms with Crippen molar-refractivity contribution < 1.29 is 14.6 Å². The highest BCUT2D eigenvalue weighted by Gasteiger charge is 2.37. The van der Waals surface area contributed by atoms with Gasteiger partial charge >= 0.3 is 5.97 Å². The van der Waals surface area contributed by atoms with Gasteiger partial charge in [0.15, 0.2) is 0 Å². The first-order valence-corrected chi connectivity index (χ1v) is 7.65. The summed E-state index contributed by atoms with van der Waals surface area (Å²) >= 11 is 0. The van der Waals surface area contributed by atoms with Crippen molar-refractivity contribution in [3.8, 4) is 0 Å². The molecule has 1 aliphatic carbocycles. The number of likely N-dealkylation sites (N-methyl/N-ethyl adjacent to an activating group) is 1. The van der Waals surface area contributed by atoms with Crippen LogP contribution in [-0.4, -0.2) is 60.4 Å². The van der Waals surface area contributed by atoms with E-state index in [1.165, 1.54) is 0 Å². The van der Waals surface area contributed by atoms with Gasteiger partial charge in [0, 0.05) is 12.6 Å². The highest BCUT2D eigenvalue weighted by molar-refractivity contribution is 5.78. The van der Waals surface area contributed by atoms with Gasteiger partial charge in [0.1, 0.15) is 5.54 Å². The van der Waals surface area contributed by atoms with Crippen molar-refractivity contribution in [2.75, 3.05) is 26.7 Å². The lowest BCUT2D eigenvalue weighted by molar-refractivity contribution is -0.144. The summed E-state index contributed by atoms with van der Waals surface area (Å²) in [5.41, 5.74) is -0.781. The maximum Gasteiger partial charge on any atom is 0.323 e. The third-order valence-corrected chi connectivity index (χ3v) is 3.71. The molecule has 5 heteroatoms. The fraction of sp³-hybridized carbons (Fsp3) is 0.933. The molecule has 1 aliphatic rings. The molecule has 0 heterocycles. The van der Waals surface area contributed by atoms with Crippen LogP contribution in [0, 0.1) is 0 Å². The monoisotopic (exact) mass is 286 g/mol. The van der Waals surface area contributed by atoms with E-state index in [4.69, 9.17) is 4.74 Å². The number of nitrogens with one attached hydrogen (secondary N) is 1. The summed E-state index contributed by atoms with van der Waals surface area (Å²) in [7, 11) is 2.05. The van der Waals surface area contributed by atoms with E-state index < -0.39 is 11.5 Å². The van der Waals surface area contributed by atoms with Gasteiger partial charge in [-0.3, -0.25) is 10.1 Å². The van der Waals surface area contributed by atoms with E-state index >= 15 is 0 Å². The van der Waals surface area contributed by atoms with Gasteiger partial charge in [0.25, 0.3) is 0 Å². The molecule has 0 saturated heterocycles. The van der Waals surface area contributed by atoms with Gasteiger partial charge in [-0.05, 0) is 60.0 Å². The predicted octanol–water partition coefficient (Wildman–Crippen LogP) is 1.72. The first-order chi connectivity index (χ1) is 9.33. The molecule has 0 spiro atoms. The lowest BCUT2D eigenvalue weighted by Gasteiger charge is -2.27. The highest BCUT2D eigenvalue weighted by Crippen LogP contribution is 2.25. The second kappa shape index (κ2) is 7.96. The number of aliphatic carboxylic acids is 1. The van der Waals surface area contributed by atoms with Gasteiger partial charge in [0.05, 0.1) is 12.7 Å². The van der Waals surface area contributed by atoms with Crippen molar-refractivity contribution in [3.05, 3.63) is 0 Å². The van der Waals surface area contributed by atoms with Gasteiger partial charge in [-0.2, -0.15) is 0 Å². The second-order valence-electron chi connectivity index (χ2n) is 6.38. The van der Waals surface area contributed by atoms with Gasteiger partial charge in [-0.1, -0.05) is 0 Å². The molecule has 0 aromatic rings. The third kappa shape index (κ3) is 6.68. The molecule has 0 aromatic carbocycles. The van der Waals surface area contributed by atoms with E-state index in [-0.39, 0.29) is 6.10 Å². The lowest BCUT2D eigenvalue weighted by atomic mass is 9.95. The van der Waals surface area contributed by atoms with Crippen molar-refractivity contribution in [1.29, 1.82) is 0 Å². The quantitative estimate of drug-likeness (QED) is 0.605.